The number of thioether (sulfide) groups is 2. The zero-order chi connectivity index (χ0) is 25.3. The molecule has 35 heavy (non-hydrogen) atoms. The van der Waals surface area contributed by atoms with Gasteiger partial charge in [-0.3, -0.25) is 19.3 Å². The van der Waals surface area contributed by atoms with Crippen LogP contribution in [0, 0.1) is 6.92 Å². The second-order valence-electron chi connectivity index (χ2n) is 7.29. The minimum Gasteiger partial charge on any atom is -0.477 e. The summed E-state index contributed by atoms with van der Waals surface area (Å²) in [5.74, 6) is -1.99. The van der Waals surface area contributed by atoms with Gasteiger partial charge in [-0.2, -0.15) is 0 Å². The average Bonchev–Trinajstić information content (AvgIpc) is 3.23. The van der Waals surface area contributed by atoms with Crippen LogP contribution in [0.25, 0.3) is 0 Å². The SMILES string of the molecule is CON=C(C(=O)N[C@@H]1C(=O)N2C(C(=O)O)=C(CSc3nc(C)cc(=O)[nH]3)CS[C@@H]12)c1csc(N)n1. The van der Waals surface area contributed by atoms with Crippen LogP contribution in [0.5, 0.6) is 0 Å². The number of hydrogen-bond donors (Lipinski definition) is 4. The fraction of sp³-hybridized carbons (Fsp3) is 0.316. The van der Waals surface area contributed by atoms with Gasteiger partial charge in [0.25, 0.3) is 17.4 Å². The maximum absolute atomic E-state index is 12.9. The number of carbonyl (C=O) groups is 3. The minimum atomic E-state index is -1.26. The van der Waals surface area contributed by atoms with Crippen LogP contribution in [-0.4, -0.2) is 78.5 Å². The Bertz CT molecular complexity index is 1320. The Morgan fingerprint density at radius 2 is 2.20 bits per heavy atom. The van der Waals surface area contributed by atoms with Crippen molar-refractivity contribution in [3.8, 4) is 0 Å². The normalized spacial score (nSPS) is 19.8. The van der Waals surface area contributed by atoms with E-state index in [-0.39, 0.29) is 33.5 Å². The number of nitrogens with two attached hydrogens (primary N) is 1. The number of hydrogen-bond acceptors (Lipinski definition) is 12. The first-order chi connectivity index (χ1) is 16.7. The summed E-state index contributed by atoms with van der Waals surface area (Å²) in [5.41, 5.74) is 6.27. The highest BCUT2D eigenvalue weighted by Crippen LogP contribution is 2.41. The molecule has 0 aliphatic carbocycles. The monoisotopic (exact) mass is 537 g/mol. The molecule has 4 heterocycles. The fourth-order valence-corrected chi connectivity index (χ4v) is 6.43. The van der Waals surface area contributed by atoms with Gasteiger partial charge in [-0.05, 0) is 12.5 Å². The van der Waals surface area contributed by atoms with Crippen LogP contribution < -0.4 is 16.6 Å². The van der Waals surface area contributed by atoms with E-state index in [1.165, 1.54) is 42.1 Å². The molecule has 2 aliphatic rings. The Balaban J connectivity index is 1.50. The van der Waals surface area contributed by atoms with Gasteiger partial charge in [-0.1, -0.05) is 16.9 Å². The number of aromatic amines is 1. The van der Waals surface area contributed by atoms with E-state index in [1.807, 2.05) is 0 Å². The number of amides is 2. The average molecular weight is 538 g/mol. The molecule has 0 radical (unpaired) electrons. The molecule has 1 fully saturated rings. The van der Waals surface area contributed by atoms with Crippen molar-refractivity contribution in [3.63, 3.8) is 0 Å². The van der Waals surface area contributed by atoms with Crippen molar-refractivity contribution in [2.24, 2.45) is 5.16 Å². The quantitative estimate of drug-likeness (QED) is 0.116. The number of nitrogens with one attached hydrogen (secondary N) is 2. The fourth-order valence-electron chi connectivity index (χ4n) is 3.47. The van der Waals surface area contributed by atoms with Crippen LogP contribution >= 0.6 is 34.9 Å². The van der Waals surface area contributed by atoms with Crippen LogP contribution in [0.4, 0.5) is 5.13 Å². The zero-order valence-electron chi connectivity index (χ0n) is 18.3. The van der Waals surface area contributed by atoms with Crippen molar-refractivity contribution in [1.29, 1.82) is 0 Å². The van der Waals surface area contributed by atoms with E-state index in [2.05, 4.69) is 25.4 Å². The van der Waals surface area contributed by atoms with E-state index in [1.54, 1.807) is 6.92 Å². The molecule has 13 nitrogen and oxygen atoms in total. The number of fused-ring (bicyclic) bond motifs is 1. The van der Waals surface area contributed by atoms with Crippen molar-refractivity contribution in [1.82, 2.24) is 25.2 Å². The molecule has 16 heteroatoms. The lowest BCUT2D eigenvalue weighted by molar-refractivity contribution is -0.150. The smallest absolute Gasteiger partial charge is 0.352 e. The number of rotatable bonds is 8. The van der Waals surface area contributed by atoms with Gasteiger partial charge in [0, 0.05) is 28.6 Å². The standard InChI is InChI=1S/C19H19N7O6S3/c1-7-3-10(27)23-19(21-7)35-5-8-4-33-16-12(15(29)26(16)13(8)17(30)31)24-14(28)11(25-32-2)9-6-34-18(20)22-9/h3,6,12,16H,4-5H2,1-2H3,(H2,20,22)(H,24,28)(H,30,31)(H,21,23,27)/t12-,16+/m1/s1. The van der Waals surface area contributed by atoms with Gasteiger partial charge in [0.15, 0.2) is 16.0 Å². The summed E-state index contributed by atoms with van der Waals surface area (Å²) in [6, 6.07) is 0.399. The molecule has 5 N–H and O–H groups in total. The number of aryl methyl sites for hydroxylation is 1. The summed E-state index contributed by atoms with van der Waals surface area (Å²) in [5, 5.41) is 17.6. The molecule has 2 aromatic rings. The second kappa shape index (κ2) is 10.1. The number of nitrogens with zero attached hydrogens (tertiary/aromatic N) is 4. The van der Waals surface area contributed by atoms with Crippen molar-refractivity contribution in [2.45, 2.75) is 23.5 Å². The van der Waals surface area contributed by atoms with Gasteiger partial charge in [0.1, 0.15) is 29.9 Å². The minimum absolute atomic E-state index is 0.134. The van der Waals surface area contributed by atoms with Crippen LogP contribution in [-0.2, 0) is 19.2 Å². The summed E-state index contributed by atoms with van der Waals surface area (Å²) in [6.07, 6.45) is 0. The number of H-pyrrole nitrogens is 1. The maximum atomic E-state index is 12.9. The molecule has 0 spiro atoms. The third kappa shape index (κ3) is 5.03. The molecule has 184 valence electrons. The number of oxime groups is 1. The summed E-state index contributed by atoms with van der Waals surface area (Å²) in [4.78, 5) is 66.1. The second-order valence-corrected chi connectivity index (χ2v) is 10.3. The van der Waals surface area contributed by atoms with Crippen molar-refractivity contribution >= 4 is 63.5 Å². The number of carboxylic acids is 1. The summed E-state index contributed by atoms with van der Waals surface area (Å²) in [6.45, 7) is 1.68. The van der Waals surface area contributed by atoms with Crippen molar-refractivity contribution < 1.29 is 24.3 Å². The lowest BCUT2D eigenvalue weighted by Crippen LogP contribution is -2.71. The number of aliphatic carboxylic acids is 1. The molecule has 4 rings (SSSR count). The largest absolute Gasteiger partial charge is 0.477 e. The predicted molar refractivity (Wildman–Crippen MR) is 130 cm³/mol. The van der Waals surface area contributed by atoms with Crippen LogP contribution in [0.1, 0.15) is 11.4 Å². The number of carbonyl (C=O) groups excluding carboxylic acids is 2. The third-order valence-electron chi connectivity index (χ3n) is 4.93. The number of thiazole rings is 1. The van der Waals surface area contributed by atoms with E-state index in [0.29, 0.717) is 22.2 Å². The molecular weight excluding hydrogens is 518 g/mol. The van der Waals surface area contributed by atoms with Gasteiger partial charge in [0.2, 0.25) is 0 Å². The van der Waals surface area contributed by atoms with Crippen LogP contribution in [0.3, 0.4) is 0 Å². The summed E-state index contributed by atoms with van der Waals surface area (Å²) < 4.78 is 0. The van der Waals surface area contributed by atoms with Gasteiger partial charge < -0.3 is 26.0 Å². The molecular formula is C19H19N7O6S3. The van der Waals surface area contributed by atoms with Crippen molar-refractivity contribution in [3.05, 3.63) is 44.5 Å². The van der Waals surface area contributed by atoms with E-state index >= 15 is 0 Å². The third-order valence-corrected chi connectivity index (χ3v) is 7.90. The Hall–Kier alpha value is -3.37. The van der Waals surface area contributed by atoms with Gasteiger partial charge in [-0.25, -0.2) is 14.8 Å². The Labute approximate surface area is 210 Å². The lowest BCUT2D eigenvalue weighted by atomic mass is 10.0. The first kappa shape index (κ1) is 24.7. The summed E-state index contributed by atoms with van der Waals surface area (Å²) in [7, 11) is 1.27. The van der Waals surface area contributed by atoms with Crippen LogP contribution in [0.2, 0.25) is 0 Å². The molecule has 0 saturated carbocycles. The molecule has 0 bridgehead atoms. The Morgan fingerprint density at radius 1 is 1.43 bits per heavy atom. The highest BCUT2D eigenvalue weighted by molar-refractivity contribution is 8.01. The van der Waals surface area contributed by atoms with E-state index < -0.39 is 29.2 Å². The Morgan fingerprint density at radius 3 is 2.83 bits per heavy atom. The molecule has 0 unspecified atom stereocenters. The Kier molecular flexibility index (Phi) is 7.13. The lowest BCUT2D eigenvalue weighted by Gasteiger charge is -2.49. The highest BCUT2D eigenvalue weighted by atomic mass is 32.2. The molecule has 2 aromatic heterocycles. The van der Waals surface area contributed by atoms with Gasteiger partial charge in [0.05, 0.1) is 0 Å². The number of β-lactam (4-membered cyclic amide) rings is 1. The number of aromatic nitrogens is 3. The first-order valence-electron chi connectivity index (χ1n) is 9.93. The maximum Gasteiger partial charge on any atom is 0.352 e. The van der Waals surface area contributed by atoms with Crippen molar-refractivity contribution in [2.75, 3.05) is 24.3 Å². The van der Waals surface area contributed by atoms with E-state index in [9.17, 15) is 24.3 Å². The van der Waals surface area contributed by atoms with E-state index in [4.69, 9.17) is 10.6 Å². The number of carboxylic acid groups (broad SMARTS) is 1. The predicted octanol–water partition coefficient (Wildman–Crippen LogP) is -0.00158. The van der Waals surface area contributed by atoms with Gasteiger partial charge >= 0.3 is 5.97 Å². The molecule has 2 aliphatic heterocycles. The molecule has 0 aromatic carbocycles. The molecule has 1 saturated heterocycles. The highest BCUT2D eigenvalue weighted by Gasteiger charge is 2.54. The van der Waals surface area contributed by atoms with Gasteiger partial charge in [-0.15, -0.1) is 23.1 Å². The summed E-state index contributed by atoms with van der Waals surface area (Å²) >= 11 is 3.61. The first-order valence-corrected chi connectivity index (χ1v) is 12.8. The molecule has 2 atom stereocenters. The van der Waals surface area contributed by atoms with Crippen LogP contribution in [0.15, 0.2) is 37.8 Å². The number of nitrogen functional groups attached to an aromatic ring is 1. The number of anilines is 1. The van der Waals surface area contributed by atoms with E-state index in [0.717, 1.165) is 16.2 Å². The zero-order valence-corrected chi connectivity index (χ0v) is 20.8. The molecule has 2 amide bonds. The topological polar surface area (TPSA) is 193 Å².